The first kappa shape index (κ1) is 21.0. The predicted molar refractivity (Wildman–Crippen MR) is 110 cm³/mol. The molecule has 0 fully saturated rings. The number of amides is 3. The number of carbonyl (C=O) groups is 3. The Morgan fingerprint density at radius 2 is 1.75 bits per heavy atom. The minimum absolute atomic E-state index is 0.0131. The quantitative estimate of drug-likeness (QED) is 0.652. The van der Waals surface area contributed by atoms with Gasteiger partial charge >= 0.3 is 0 Å². The fourth-order valence-electron chi connectivity index (χ4n) is 2.55. The van der Waals surface area contributed by atoms with Crippen LogP contribution in [0.25, 0.3) is 0 Å². The van der Waals surface area contributed by atoms with Crippen molar-refractivity contribution in [3.63, 3.8) is 0 Å². The smallest absolute Gasteiger partial charge is 0.251 e. The summed E-state index contributed by atoms with van der Waals surface area (Å²) in [5.41, 5.74) is 2.60. The molecule has 0 saturated heterocycles. The maximum Gasteiger partial charge on any atom is 0.251 e. The van der Waals surface area contributed by atoms with Gasteiger partial charge in [-0.25, -0.2) is 0 Å². The maximum atomic E-state index is 12.3. The molecule has 0 aliphatic heterocycles. The van der Waals surface area contributed by atoms with Gasteiger partial charge in [0.05, 0.1) is 13.0 Å². The van der Waals surface area contributed by atoms with Crippen LogP contribution in [0.3, 0.4) is 0 Å². The van der Waals surface area contributed by atoms with Crippen molar-refractivity contribution in [2.45, 2.75) is 13.3 Å². The van der Waals surface area contributed by atoms with E-state index >= 15 is 0 Å². The van der Waals surface area contributed by atoms with E-state index in [0.717, 1.165) is 11.3 Å². The van der Waals surface area contributed by atoms with Crippen LogP contribution in [0.4, 0.5) is 11.4 Å². The fraction of sp³-hybridized carbons (Fsp3) is 0.286. The van der Waals surface area contributed by atoms with Gasteiger partial charge in [0.15, 0.2) is 0 Å². The molecular weight excluding hydrogens is 356 g/mol. The van der Waals surface area contributed by atoms with Gasteiger partial charge in [-0.15, -0.1) is 0 Å². The van der Waals surface area contributed by atoms with Gasteiger partial charge in [0.25, 0.3) is 5.91 Å². The lowest BCUT2D eigenvalue weighted by Gasteiger charge is -2.14. The Morgan fingerprint density at radius 1 is 1.00 bits per heavy atom. The van der Waals surface area contributed by atoms with Gasteiger partial charge in [-0.2, -0.15) is 0 Å². The molecule has 148 valence electrons. The molecule has 28 heavy (non-hydrogen) atoms. The van der Waals surface area contributed by atoms with Gasteiger partial charge in [-0.05, 0) is 36.8 Å². The van der Waals surface area contributed by atoms with Crippen LogP contribution >= 0.6 is 0 Å². The summed E-state index contributed by atoms with van der Waals surface area (Å²) in [6, 6.07) is 14.2. The molecule has 7 heteroatoms. The lowest BCUT2D eigenvalue weighted by Crippen LogP contribution is -2.25. The summed E-state index contributed by atoms with van der Waals surface area (Å²) in [7, 11) is 3.42. The monoisotopic (exact) mass is 382 g/mol. The molecule has 0 atom stereocenters. The van der Waals surface area contributed by atoms with E-state index in [1.54, 1.807) is 38.4 Å². The van der Waals surface area contributed by atoms with Crippen molar-refractivity contribution in [1.29, 1.82) is 0 Å². The predicted octanol–water partition coefficient (Wildman–Crippen LogP) is 2.12. The lowest BCUT2D eigenvalue weighted by molar-refractivity contribution is -0.127. The van der Waals surface area contributed by atoms with Gasteiger partial charge in [0.1, 0.15) is 0 Å². The van der Waals surface area contributed by atoms with Crippen LogP contribution in [0, 0.1) is 0 Å². The molecule has 0 aromatic heterocycles. The number of nitrogens with zero attached hydrogens (tertiary/aromatic N) is 1. The molecule has 0 aliphatic rings. The fourth-order valence-corrected chi connectivity index (χ4v) is 2.55. The molecule has 0 spiro atoms. The normalized spacial score (nSPS) is 10.1. The first-order valence-corrected chi connectivity index (χ1v) is 9.10. The number of likely N-dealkylation sites (N-methyl/N-ethyl adjacent to an activating group) is 1. The first-order chi connectivity index (χ1) is 13.4. The van der Waals surface area contributed by atoms with Crippen molar-refractivity contribution in [1.82, 2.24) is 10.2 Å². The molecule has 3 N–H and O–H groups in total. The summed E-state index contributed by atoms with van der Waals surface area (Å²) < 4.78 is 0. The Kier molecular flexibility index (Phi) is 7.56. The first-order valence-electron chi connectivity index (χ1n) is 9.10. The van der Waals surface area contributed by atoms with Crippen LogP contribution in [0.15, 0.2) is 48.5 Å². The van der Waals surface area contributed by atoms with Gasteiger partial charge < -0.3 is 20.9 Å². The third-order valence-corrected chi connectivity index (χ3v) is 4.04. The third-order valence-electron chi connectivity index (χ3n) is 4.04. The number of anilines is 2. The highest BCUT2D eigenvalue weighted by molar-refractivity contribution is 5.98. The molecular formula is C21H26N4O3. The van der Waals surface area contributed by atoms with Gasteiger partial charge in [-0.3, -0.25) is 14.4 Å². The topological polar surface area (TPSA) is 90.5 Å². The van der Waals surface area contributed by atoms with Gasteiger partial charge in [0, 0.05) is 37.6 Å². The second-order valence-electron chi connectivity index (χ2n) is 6.46. The zero-order chi connectivity index (χ0) is 20.5. The zero-order valence-corrected chi connectivity index (χ0v) is 16.4. The number of carbonyl (C=O) groups excluding carboxylic acids is 3. The SMILES string of the molecule is CCNC(=O)c1cccc(NC(=O)CNc2ccccc2CC(=O)N(C)C)c1. The van der Waals surface area contributed by atoms with Gasteiger partial charge in [0.2, 0.25) is 11.8 Å². The molecule has 0 unspecified atom stereocenters. The minimum Gasteiger partial charge on any atom is -0.376 e. The van der Waals surface area contributed by atoms with Crippen molar-refractivity contribution in [3.05, 3.63) is 59.7 Å². The van der Waals surface area contributed by atoms with Crippen molar-refractivity contribution in [2.75, 3.05) is 37.8 Å². The average molecular weight is 382 g/mol. The standard InChI is InChI=1S/C21H26N4O3/c1-4-22-21(28)16-9-7-10-17(12-16)24-19(26)14-23-18-11-6-5-8-15(18)13-20(27)25(2)3/h5-12,23H,4,13-14H2,1-3H3,(H,22,28)(H,24,26). The Labute approximate surface area is 165 Å². The Balaban J connectivity index is 1.97. The van der Waals surface area contributed by atoms with Crippen LogP contribution in [0.2, 0.25) is 0 Å². The van der Waals surface area contributed by atoms with Crippen LogP contribution in [-0.4, -0.2) is 49.8 Å². The zero-order valence-electron chi connectivity index (χ0n) is 16.4. The molecule has 3 amide bonds. The van der Waals surface area contributed by atoms with Crippen LogP contribution in [0.1, 0.15) is 22.8 Å². The summed E-state index contributed by atoms with van der Waals surface area (Å²) in [4.78, 5) is 37.7. The van der Waals surface area contributed by atoms with E-state index in [-0.39, 0.29) is 30.7 Å². The van der Waals surface area contributed by atoms with E-state index in [4.69, 9.17) is 0 Å². The second-order valence-corrected chi connectivity index (χ2v) is 6.46. The van der Waals surface area contributed by atoms with E-state index in [2.05, 4.69) is 16.0 Å². The number of para-hydroxylation sites is 1. The van der Waals surface area contributed by atoms with Crippen LogP contribution in [-0.2, 0) is 16.0 Å². The molecule has 0 radical (unpaired) electrons. The summed E-state index contributed by atoms with van der Waals surface area (Å²) in [5, 5.41) is 8.57. The minimum atomic E-state index is -0.248. The summed E-state index contributed by atoms with van der Waals surface area (Å²) in [6.07, 6.45) is 0.256. The van der Waals surface area contributed by atoms with Gasteiger partial charge in [-0.1, -0.05) is 24.3 Å². The summed E-state index contributed by atoms with van der Waals surface area (Å²) >= 11 is 0. The maximum absolute atomic E-state index is 12.3. The molecule has 2 aromatic rings. The number of nitrogens with one attached hydrogen (secondary N) is 3. The van der Waals surface area contributed by atoms with Crippen LogP contribution in [0.5, 0.6) is 0 Å². The van der Waals surface area contributed by atoms with Crippen molar-refractivity contribution < 1.29 is 14.4 Å². The number of hydrogen-bond donors (Lipinski definition) is 3. The molecule has 2 aromatic carbocycles. The van der Waals surface area contributed by atoms with Crippen LogP contribution < -0.4 is 16.0 Å². The molecule has 0 aliphatic carbocycles. The largest absolute Gasteiger partial charge is 0.376 e. The van der Waals surface area contributed by atoms with Crippen molar-refractivity contribution >= 4 is 29.1 Å². The summed E-state index contributed by atoms with van der Waals surface area (Å²) in [6.45, 7) is 2.42. The summed E-state index contributed by atoms with van der Waals surface area (Å²) in [5.74, 6) is -0.445. The Hall–Kier alpha value is -3.35. The highest BCUT2D eigenvalue weighted by atomic mass is 16.2. The molecule has 0 saturated carbocycles. The molecule has 0 heterocycles. The molecule has 2 rings (SSSR count). The van der Waals surface area contributed by atoms with Crippen molar-refractivity contribution in [2.24, 2.45) is 0 Å². The average Bonchev–Trinajstić information content (AvgIpc) is 2.67. The highest BCUT2D eigenvalue weighted by Gasteiger charge is 2.11. The second kappa shape index (κ2) is 10.1. The number of benzene rings is 2. The van der Waals surface area contributed by atoms with E-state index in [9.17, 15) is 14.4 Å². The van der Waals surface area contributed by atoms with Crippen molar-refractivity contribution in [3.8, 4) is 0 Å². The molecule has 7 nitrogen and oxygen atoms in total. The molecule has 0 bridgehead atoms. The third kappa shape index (κ3) is 6.12. The lowest BCUT2D eigenvalue weighted by atomic mass is 10.1. The van der Waals surface area contributed by atoms with E-state index in [1.165, 1.54) is 4.90 Å². The number of hydrogen-bond acceptors (Lipinski definition) is 4. The highest BCUT2D eigenvalue weighted by Crippen LogP contribution is 2.16. The van der Waals surface area contributed by atoms with E-state index in [0.29, 0.717) is 17.8 Å². The van der Waals surface area contributed by atoms with E-state index in [1.807, 2.05) is 31.2 Å². The Morgan fingerprint density at radius 3 is 2.46 bits per heavy atom. The Bertz CT molecular complexity index is 849. The number of rotatable bonds is 8. The van der Waals surface area contributed by atoms with E-state index < -0.39 is 0 Å².